The minimum Gasteiger partial charge on any atom is -0.465 e. The van der Waals surface area contributed by atoms with Crippen LogP contribution in [0.25, 0.3) is 0 Å². The highest BCUT2D eigenvalue weighted by Gasteiger charge is 2.29. The zero-order valence-corrected chi connectivity index (χ0v) is 23.0. The van der Waals surface area contributed by atoms with E-state index in [-0.39, 0.29) is 23.0 Å². The van der Waals surface area contributed by atoms with Crippen molar-refractivity contribution in [3.05, 3.63) is 150 Å². The van der Waals surface area contributed by atoms with Crippen LogP contribution in [0.5, 0.6) is 0 Å². The Kier molecular flexibility index (Phi) is 8.43. The summed E-state index contributed by atoms with van der Waals surface area (Å²) in [5.74, 6) is -1.42. The zero-order chi connectivity index (χ0) is 28.1. The molecule has 0 bridgehead atoms. The summed E-state index contributed by atoms with van der Waals surface area (Å²) in [6.45, 7) is 0. The quantitative estimate of drug-likeness (QED) is 0.107. The summed E-state index contributed by atoms with van der Waals surface area (Å²) >= 11 is 1.55. The Labute approximate surface area is 238 Å². The predicted octanol–water partition coefficient (Wildman–Crippen LogP) is 8.23. The molecule has 5 aromatic carbocycles. The molecule has 40 heavy (non-hydrogen) atoms. The Morgan fingerprint density at radius 2 is 1.02 bits per heavy atom. The van der Waals surface area contributed by atoms with Crippen molar-refractivity contribution in [2.24, 2.45) is 0 Å². The first-order chi connectivity index (χ1) is 19.4. The zero-order valence-electron chi connectivity index (χ0n) is 21.3. The molecule has 0 heterocycles. The maximum Gasteiger partial charge on any atom is 0.338 e. The van der Waals surface area contributed by atoms with Crippen molar-refractivity contribution < 1.29 is 23.1 Å². The summed E-state index contributed by atoms with van der Waals surface area (Å²) in [6, 6.07) is 34.7. The third kappa shape index (κ3) is 6.17. The molecule has 0 fully saturated rings. The van der Waals surface area contributed by atoms with Crippen LogP contribution in [0.1, 0.15) is 26.3 Å². The molecular weight excluding hydrogens is 546 g/mol. The molecule has 0 N–H and O–H groups in total. The molecule has 0 unspecified atom stereocenters. The summed E-state index contributed by atoms with van der Waals surface area (Å²) in [5, 5.41) is 0. The van der Waals surface area contributed by atoms with Crippen LogP contribution in [0, 0.1) is 11.6 Å². The summed E-state index contributed by atoms with van der Waals surface area (Å²) in [6.07, 6.45) is 0. The summed E-state index contributed by atoms with van der Waals surface area (Å²) in [7, 11) is 0.754. The molecule has 0 amide bonds. The van der Waals surface area contributed by atoms with E-state index < -0.39 is 16.9 Å². The molecule has 198 valence electrons. The number of methoxy groups -OCH3 is 1. The number of carbonyl (C=O) groups is 2. The molecule has 0 aromatic heterocycles. The van der Waals surface area contributed by atoms with Crippen molar-refractivity contribution >= 4 is 34.4 Å². The van der Waals surface area contributed by atoms with Crippen LogP contribution in [-0.4, -0.2) is 18.9 Å². The second-order valence-corrected chi connectivity index (χ2v) is 11.9. The number of halogens is 2. The maximum atomic E-state index is 13.6. The number of benzene rings is 5. The lowest BCUT2D eigenvalue weighted by Crippen LogP contribution is -2.11. The number of ether oxygens (including phenoxy) is 1. The van der Waals surface area contributed by atoms with E-state index in [9.17, 15) is 18.4 Å². The minimum absolute atomic E-state index is 0.230. The minimum atomic E-state index is -0.554. The van der Waals surface area contributed by atoms with Crippen LogP contribution >= 0.6 is 11.8 Å². The number of hydrogen-bond donors (Lipinski definition) is 0. The molecule has 0 aliphatic carbocycles. The highest BCUT2D eigenvalue weighted by molar-refractivity contribution is 7.99. The molecule has 0 aliphatic rings. The smallest absolute Gasteiger partial charge is 0.338 e. The molecule has 3 nitrogen and oxygen atoms in total. The van der Waals surface area contributed by atoms with Crippen LogP contribution in [0.4, 0.5) is 8.78 Å². The first-order valence-corrected chi connectivity index (χ1v) is 14.3. The molecular formula is C33H23F2O3S2+. The lowest BCUT2D eigenvalue weighted by molar-refractivity contribution is 0.0597. The van der Waals surface area contributed by atoms with E-state index in [1.807, 2.05) is 36.4 Å². The van der Waals surface area contributed by atoms with Crippen LogP contribution in [-0.2, 0) is 15.6 Å². The number of rotatable bonds is 8. The Morgan fingerprint density at radius 3 is 1.50 bits per heavy atom. The fourth-order valence-electron chi connectivity index (χ4n) is 4.13. The normalized spacial score (nSPS) is 10.9. The van der Waals surface area contributed by atoms with Crippen molar-refractivity contribution in [2.45, 2.75) is 24.5 Å². The van der Waals surface area contributed by atoms with E-state index in [1.54, 1.807) is 72.4 Å². The third-order valence-corrected chi connectivity index (χ3v) is 9.33. The van der Waals surface area contributed by atoms with Crippen molar-refractivity contribution in [1.29, 1.82) is 0 Å². The SMILES string of the molecule is COC(=O)c1ccccc1C(=O)c1ccc(Sc2ccc([S+](c3ccc(F)cc3)c3ccc(F)cc3)cc2)cc1. The van der Waals surface area contributed by atoms with E-state index >= 15 is 0 Å². The summed E-state index contributed by atoms with van der Waals surface area (Å²) < 4.78 is 32.0. The van der Waals surface area contributed by atoms with Gasteiger partial charge in [0.2, 0.25) is 0 Å². The van der Waals surface area contributed by atoms with Gasteiger partial charge in [0.05, 0.1) is 23.6 Å². The fourth-order valence-corrected chi connectivity index (χ4v) is 6.99. The first kappa shape index (κ1) is 27.4. The summed E-state index contributed by atoms with van der Waals surface area (Å²) in [5.41, 5.74) is 0.996. The Hall–Kier alpha value is -4.20. The molecule has 0 spiro atoms. The predicted molar refractivity (Wildman–Crippen MR) is 153 cm³/mol. The number of hydrogen-bond acceptors (Lipinski definition) is 4. The standard InChI is InChI=1S/C33H23F2O3S2/c1-38-33(37)31-5-3-2-4-30(31)32(36)22-6-12-25(13-7-22)39-26-14-20-29(21-15-26)40(27-16-8-23(34)9-17-27)28-18-10-24(35)11-19-28/h2-21H,1H3/q+1. The van der Waals surface area contributed by atoms with E-state index in [1.165, 1.54) is 31.4 Å². The lowest BCUT2D eigenvalue weighted by atomic mass is 9.98. The molecule has 0 saturated heterocycles. The van der Waals surface area contributed by atoms with Crippen molar-refractivity contribution in [3.63, 3.8) is 0 Å². The second-order valence-electron chi connectivity index (χ2n) is 8.68. The largest absolute Gasteiger partial charge is 0.465 e. The number of esters is 1. The van der Waals surface area contributed by atoms with Gasteiger partial charge < -0.3 is 4.74 Å². The van der Waals surface area contributed by atoms with Gasteiger partial charge in [-0.1, -0.05) is 30.0 Å². The van der Waals surface area contributed by atoms with Crippen LogP contribution in [0.15, 0.2) is 146 Å². The average molecular weight is 570 g/mol. The van der Waals surface area contributed by atoms with E-state index in [2.05, 4.69) is 0 Å². The van der Waals surface area contributed by atoms with Gasteiger partial charge in [-0.3, -0.25) is 4.79 Å². The lowest BCUT2D eigenvalue weighted by Gasteiger charge is -2.09. The fraction of sp³-hybridized carbons (Fsp3) is 0.0303. The highest BCUT2D eigenvalue weighted by Crippen LogP contribution is 2.34. The Morgan fingerprint density at radius 1 is 0.600 bits per heavy atom. The van der Waals surface area contributed by atoms with Crippen molar-refractivity contribution in [1.82, 2.24) is 0 Å². The number of ketones is 1. The molecule has 7 heteroatoms. The van der Waals surface area contributed by atoms with Crippen molar-refractivity contribution in [2.75, 3.05) is 7.11 Å². The molecule has 5 aromatic rings. The molecule has 0 radical (unpaired) electrons. The van der Waals surface area contributed by atoms with Gasteiger partial charge in [0.25, 0.3) is 0 Å². The first-order valence-electron chi connectivity index (χ1n) is 12.3. The summed E-state index contributed by atoms with van der Waals surface area (Å²) in [4.78, 5) is 30.0. The van der Waals surface area contributed by atoms with Gasteiger partial charge in [0, 0.05) is 20.9 Å². The van der Waals surface area contributed by atoms with Crippen molar-refractivity contribution in [3.8, 4) is 0 Å². The Bertz CT molecular complexity index is 1590. The van der Waals surface area contributed by atoms with Gasteiger partial charge in [-0.25, -0.2) is 13.6 Å². The highest BCUT2D eigenvalue weighted by atomic mass is 32.2. The van der Waals surface area contributed by atoms with Gasteiger partial charge in [-0.2, -0.15) is 0 Å². The van der Waals surface area contributed by atoms with E-state index in [0.29, 0.717) is 11.1 Å². The Balaban J connectivity index is 1.35. The van der Waals surface area contributed by atoms with Gasteiger partial charge in [-0.05, 0) is 103 Å². The average Bonchev–Trinajstić information content (AvgIpc) is 2.99. The van der Waals surface area contributed by atoms with Crippen LogP contribution in [0.3, 0.4) is 0 Å². The molecule has 0 saturated carbocycles. The number of carbonyl (C=O) groups excluding carboxylic acids is 2. The van der Waals surface area contributed by atoms with E-state index in [0.717, 1.165) is 24.5 Å². The molecule has 5 rings (SSSR count). The monoisotopic (exact) mass is 569 g/mol. The molecule has 0 atom stereocenters. The van der Waals surface area contributed by atoms with Gasteiger partial charge in [0.15, 0.2) is 20.5 Å². The van der Waals surface area contributed by atoms with Gasteiger partial charge >= 0.3 is 5.97 Å². The van der Waals surface area contributed by atoms with Crippen LogP contribution in [0.2, 0.25) is 0 Å². The van der Waals surface area contributed by atoms with Gasteiger partial charge in [-0.15, -0.1) is 0 Å². The topological polar surface area (TPSA) is 43.4 Å². The molecule has 0 aliphatic heterocycles. The third-order valence-electron chi connectivity index (χ3n) is 6.09. The second kappa shape index (κ2) is 12.3. The van der Waals surface area contributed by atoms with E-state index in [4.69, 9.17) is 4.74 Å². The maximum absolute atomic E-state index is 13.6. The van der Waals surface area contributed by atoms with Crippen LogP contribution < -0.4 is 0 Å². The van der Waals surface area contributed by atoms with Gasteiger partial charge in [0.1, 0.15) is 11.6 Å².